The maximum atomic E-state index is 12.0. The fourth-order valence-corrected chi connectivity index (χ4v) is 2.79. The molecule has 0 saturated carbocycles. The van der Waals surface area contributed by atoms with Gasteiger partial charge in [-0.3, -0.25) is 4.79 Å². The van der Waals surface area contributed by atoms with Gasteiger partial charge in [0.25, 0.3) is 0 Å². The van der Waals surface area contributed by atoms with Crippen LogP contribution in [0, 0.1) is 0 Å². The van der Waals surface area contributed by atoms with Gasteiger partial charge in [0, 0.05) is 28.9 Å². The van der Waals surface area contributed by atoms with Crippen LogP contribution in [0.4, 0.5) is 5.69 Å². The fraction of sp³-hybridized carbons (Fsp3) is 0.167. The summed E-state index contributed by atoms with van der Waals surface area (Å²) < 4.78 is 0. The molecular weight excluding hydrogens is 282 g/mol. The minimum atomic E-state index is 0.173. The summed E-state index contributed by atoms with van der Waals surface area (Å²) in [4.78, 5) is 12.0. The number of allylic oxidation sites excluding steroid dienone is 2. The van der Waals surface area contributed by atoms with Gasteiger partial charge in [-0.1, -0.05) is 41.9 Å². The number of hydrogen-bond donors (Lipinski definition) is 1. The van der Waals surface area contributed by atoms with E-state index >= 15 is 0 Å². The van der Waals surface area contributed by atoms with Gasteiger partial charge in [-0.2, -0.15) is 0 Å². The van der Waals surface area contributed by atoms with Gasteiger partial charge in [-0.05, 0) is 42.2 Å². The Balaban J connectivity index is 1.76. The molecule has 3 heteroatoms. The number of ketones is 1. The van der Waals surface area contributed by atoms with E-state index in [1.165, 1.54) is 5.56 Å². The van der Waals surface area contributed by atoms with E-state index in [2.05, 4.69) is 17.4 Å². The van der Waals surface area contributed by atoms with Crippen LogP contribution in [0.1, 0.15) is 24.3 Å². The first-order valence-electron chi connectivity index (χ1n) is 7.01. The lowest BCUT2D eigenvalue weighted by atomic mass is 9.85. The lowest BCUT2D eigenvalue weighted by molar-refractivity contribution is -0.115. The van der Waals surface area contributed by atoms with Gasteiger partial charge in [0.15, 0.2) is 5.78 Å². The monoisotopic (exact) mass is 297 g/mol. The van der Waals surface area contributed by atoms with E-state index in [0.29, 0.717) is 11.4 Å². The molecule has 0 aliphatic heterocycles. The van der Waals surface area contributed by atoms with Crippen LogP contribution in [-0.2, 0) is 4.79 Å². The van der Waals surface area contributed by atoms with Crippen LogP contribution in [0.2, 0.25) is 5.02 Å². The highest BCUT2D eigenvalue weighted by molar-refractivity contribution is 6.30. The second kappa shape index (κ2) is 6.15. The smallest absolute Gasteiger partial charge is 0.158 e. The van der Waals surface area contributed by atoms with E-state index in [1.54, 1.807) is 6.08 Å². The Labute approximate surface area is 129 Å². The van der Waals surface area contributed by atoms with E-state index in [9.17, 15) is 4.79 Å². The molecule has 0 spiro atoms. The Kier molecular flexibility index (Phi) is 4.07. The van der Waals surface area contributed by atoms with E-state index in [-0.39, 0.29) is 11.7 Å². The zero-order valence-corrected chi connectivity index (χ0v) is 12.3. The maximum Gasteiger partial charge on any atom is 0.158 e. The van der Waals surface area contributed by atoms with E-state index in [4.69, 9.17) is 11.6 Å². The Morgan fingerprint density at radius 2 is 1.67 bits per heavy atom. The van der Waals surface area contributed by atoms with Crippen LogP contribution < -0.4 is 5.32 Å². The van der Waals surface area contributed by atoms with Gasteiger partial charge in [0.1, 0.15) is 0 Å². The normalized spacial score (nSPS) is 18.2. The van der Waals surface area contributed by atoms with Gasteiger partial charge in [-0.15, -0.1) is 0 Å². The molecule has 1 atom stereocenters. The fourth-order valence-electron chi connectivity index (χ4n) is 2.66. The van der Waals surface area contributed by atoms with Gasteiger partial charge < -0.3 is 5.32 Å². The topological polar surface area (TPSA) is 29.1 Å². The van der Waals surface area contributed by atoms with Gasteiger partial charge >= 0.3 is 0 Å². The van der Waals surface area contributed by atoms with Gasteiger partial charge in [0.2, 0.25) is 0 Å². The molecule has 106 valence electrons. The molecular formula is C18H16ClNO. The Bertz CT molecular complexity index is 661. The molecule has 2 aromatic carbocycles. The molecule has 0 heterocycles. The van der Waals surface area contributed by atoms with E-state index < -0.39 is 0 Å². The van der Waals surface area contributed by atoms with Gasteiger partial charge in [0.05, 0.1) is 0 Å². The van der Waals surface area contributed by atoms with Crippen LogP contribution in [0.5, 0.6) is 0 Å². The second-order valence-electron chi connectivity index (χ2n) is 5.28. The summed E-state index contributed by atoms with van der Waals surface area (Å²) in [6.07, 6.45) is 3.14. The van der Waals surface area contributed by atoms with E-state index in [0.717, 1.165) is 17.8 Å². The molecule has 0 amide bonds. The molecule has 0 saturated heterocycles. The number of nitrogens with one attached hydrogen (secondary N) is 1. The molecule has 0 unspecified atom stereocenters. The first-order valence-corrected chi connectivity index (χ1v) is 7.39. The average Bonchev–Trinajstić information content (AvgIpc) is 2.50. The summed E-state index contributed by atoms with van der Waals surface area (Å²) in [6, 6.07) is 17.7. The van der Waals surface area contributed by atoms with Crippen molar-refractivity contribution in [3.8, 4) is 0 Å². The molecule has 0 aromatic heterocycles. The quantitative estimate of drug-likeness (QED) is 0.883. The van der Waals surface area contributed by atoms with Crippen LogP contribution in [0.15, 0.2) is 66.4 Å². The second-order valence-corrected chi connectivity index (χ2v) is 5.72. The number of carbonyl (C=O) groups excluding carboxylic acids is 1. The van der Waals surface area contributed by atoms with Crippen molar-refractivity contribution in [1.29, 1.82) is 0 Å². The van der Waals surface area contributed by atoms with Crippen molar-refractivity contribution in [3.63, 3.8) is 0 Å². The largest absolute Gasteiger partial charge is 0.359 e. The predicted octanol–water partition coefficient (Wildman–Crippen LogP) is 4.78. The third-order valence-electron chi connectivity index (χ3n) is 3.67. The maximum absolute atomic E-state index is 12.0. The molecule has 2 aromatic rings. The van der Waals surface area contributed by atoms with Crippen LogP contribution in [0.25, 0.3) is 0 Å². The number of hydrogen-bond acceptors (Lipinski definition) is 2. The average molecular weight is 298 g/mol. The summed E-state index contributed by atoms with van der Waals surface area (Å²) in [5.41, 5.74) is 3.13. The summed E-state index contributed by atoms with van der Waals surface area (Å²) in [7, 11) is 0. The lowest BCUT2D eigenvalue weighted by Crippen LogP contribution is -2.16. The van der Waals surface area contributed by atoms with Crippen molar-refractivity contribution in [3.05, 3.63) is 77.0 Å². The number of anilines is 1. The molecule has 3 rings (SSSR count). The van der Waals surface area contributed by atoms with Crippen molar-refractivity contribution in [2.24, 2.45) is 0 Å². The summed E-state index contributed by atoms with van der Waals surface area (Å²) in [6.45, 7) is 0. The number of rotatable bonds is 3. The van der Waals surface area contributed by atoms with E-state index in [1.807, 2.05) is 42.5 Å². The first kappa shape index (κ1) is 13.9. The van der Waals surface area contributed by atoms with Crippen LogP contribution in [0.3, 0.4) is 0 Å². The Morgan fingerprint density at radius 3 is 2.38 bits per heavy atom. The van der Waals surface area contributed by atoms with Crippen LogP contribution in [-0.4, -0.2) is 5.78 Å². The van der Waals surface area contributed by atoms with Crippen molar-refractivity contribution in [2.75, 3.05) is 5.32 Å². The van der Waals surface area contributed by atoms with Gasteiger partial charge in [-0.25, -0.2) is 0 Å². The molecule has 0 radical (unpaired) electrons. The highest BCUT2D eigenvalue weighted by Gasteiger charge is 2.22. The number of carbonyl (C=O) groups is 1. The van der Waals surface area contributed by atoms with Crippen molar-refractivity contribution >= 4 is 23.1 Å². The van der Waals surface area contributed by atoms with Crippen LogP contribution >= 0.6 is 11.6 Å². The highest BCUT2D eigenvalue weighted by atomic mass is 35.5. The molecule has 1 aliphatic carbocycles. The molecule has 21 heavy (non-hydrogen) atoms. The standard InChI is InChI=1S/C18H16ClNO/c19-15-6-8-16(9-7-15)20-17-10-14(11-18(21)12-17)13-4-2-1-3-5-13/h1-9,12,14,20H,10-11H2/t14-/m1/s1. The lowest BCUT2D eigenvalue weighted by Gasteiger charge is -2.23. The summed E-state index contributed by atoms with van der Waals surface area (Å²) >= 11 is 5.88. The summed E-state index contributed by atoms with van der Waals surface area (Å²) in [5, 5.41) is 4.02. The first-order chi connectivity index (χ1) is 10.2. The zero-order chi connectivity index (χ0) is 14.7. The molecule has 0 bridgehead atoms. The molecule has 1 aliphatic rings. The summed E-state index contributed by atoms with van der Waals surface area (Å²) in [5.74, 6) is 0.421. The Hall–Kier alpha value is -2.06. The van der Waals surface area contributed by atoms with Crippen molar-refractivity contribution in [2.45, 2.75) is 18.8 Å². The highest BCUT2D eigenvalue weighted by Crippen LogP contribution is 2.31. The third kappa shape index (κ3) is 3.53. The molecule has 2 nitrogen and oxygen atoms in total. The Morgan fingerprint density at radius 1 is 0.952 bits per heavy atom. The molecule has 1 N–H and O–H groups in total. The predicted molar refractivity (Wildman–Crippen MR) is 86.6 cm³/mol. The van der Waals surface area contributed by atoms with Crippen molar-refractivity contribution < 1.29 is 4.79 Å². The molecule has 0 fully saturated rings. The number of halogens is 1. The third-order valence-corrected chi connectivity index (χ3v) is 3.92. The minimum Gasteiger partial charge on any atom is -0.359 e. The SMILES string of the molecule is O=C1C=C(Nc2ccc(Cl)cc2)C[C@@H](c2ccccc2)C1. The van der Waals surface area contributed by atoms with Crippen molar-refractivity contribution in [1.82, 2.24) is 0 Å². The zero-order valence-electron chi connectivity index (χ0n) is 11.6. The minimum absolute atomic E-state index is 0.173. The number of benzene rings is 2.